The van der Waals surface area contributed by atoms with E-state index in [0.717, 1.165) is 75.2 Å². The molecule has 6 aromatic rings. The molecule has 0 atom stereocenters. The molecule has 0 unspecified atom stereocenters. The van der Waals surface area contributed by atoms with E-state index in [2.05, 4.69) is 63.2 Å². The number of aliphatic hydroxyl groups excluding tert-OH is 1. The first-order valence-electron chi connectivity index (χ1n) is 16.9. The summed E-state index contributed by atoms with van der Waals surface area (Å²) in [5, 5.41) is 15.6. The van der Waals surface area contributed by atoms with E-state index in [0.29, 0.717) is 0 Å². The molecule has 3 heterocycles. The molecule has 48 heavy (non-hydrogen) atoms. The summed E-state index contributed by atoms with van der Waals surface area (Å²) in [7, 11) is 0. The van der Waals surface area contributed by atoms with E-state index >= 15 is 0 Å². The van der Waals surface area contributed by atoms with E-state index in [-0.39, 0.29) is 47.9 Å². The zero-order valence-electron chi connectivity index (χ0n) is 29.7. The van der Waals surface area contributed by atoms with E-state index in [1.807, 2.05) is 65.9 Å². The number of carbonyl (C=O) groups is 1. The molecule has 0 spiro atoms. The Morgan fingerprint density at radius 2 is 1.50 bits per heavy atom. The fourth-order valence-electron chi connectivity index (χ4n) is 6.04. The van der Waals surface area contributed by atoms with E-state index in [9.17, 15) is 9.90 Å². The van der Waals surface area contributed by atoms with Crippen LogP contribution in [0, 0.1) is 16.9 Å². The minimum absolute atomic E-state index is 0. The van der Waals surface area contributed by atoms with Gasteiger partial charge in [-0.05, 0) is 49.3 Å². The van der Waals surface area contributed by atoms with Crippen molar-refractivity contribution in [2.75, 3.05) is 0 Å². The maximum absolute atomic E-state index is 12.2. The van der Waals surface area contributed by atoms with Gasteiger partial charge in [0.25, 0.3) is 0 Å². The Morgan fingerprint density at radius 1 is 0.833 bits per heavy atom. The molecule has 1 N–H and O–H groups in total. The van der Waals surface area contributed by atoms with Crippen LogP contribution in [0.5, 0.6) is 0 Å². The van der Waals surface area contributed by atoms with Crippen LogP contribution >= 0.6 is 0 Å². The number of aliphatic hydroxyl groups is 1. The van der Waals surface area contributed by atoms with E-state index in [1.165, 1.54) is 17.0 Å². The van der Waals surface area contributed by atoms with Gasteiger partial charge in [0.2, 0.25) is 0 Å². The topological polar surface area (TPSA) is 76.5 Å². The van der Waals surface area contributed by atoms with Crippen molar-refractivity contribution in [1.82, 2.24) is 4.98 Å². The van der Waals surface area contributed by atoms with Crippen LogP contribution in [0.4, 0.5) is 0 Å². The van der Waals surface area contributed by atoms with Gasteiger partial charge in [0.15, 0.2) is 5.78 Å². The molecule has 255 valence electrons. The summed E-state index contributed by atoms with van der Waals surface area (Å²) in [4.78, 5) is 17.0. The quantitative estimate of drug-likeness (QED) is 0.0940. The molecule has 0 saturated heterocycles. The molecule has 0 aliphatic carbocycles. The number of fused-ring (bicyclic) bond motifs is 5. The van der Waals surface area contributed by atoms with Gasteiger partial charge in [0.1, 0.15) is 22.5 Å². The second-order valence-electron chi connectivity index (χ2n) is 14.3. The smallest absolute Gasteiger partial charge is 0.164 e. The molecule has 0 saturated carbocycles. The summed E-state index contributed by atoms with van der Waals surface area (Å²) < 4.78 is 11.7. The van der Waals surface area contributed by atoms with Crippen LogP contribution in [0.15, 0.2) is 87.7 Å². The van der Waals surface area contributed by atoms with Crippen molar-refractivity contribution in [2.45, 2.75) is 93.4 Å². The van der Waals surface area contributed by atoms with Crippen molar-refractivity contribution < 1.29 is 38.8 Å². The van der Waals surface area contributed by atoms with Crippen LogP contribution in [-0.2, 0) is 30.3 Å². The monoisotopic (exact) mass is 823 g/mol. The molecule has 0 amide bonds. The van der Waals surface area contributed by atoms with Crippen molar-refractivity contribution >= 4 is 49.5 Å². The average Bonchev–Trinajstić information content (AvgIpc) is 3.69. The van der Waals surface area contributed by atoms with Gasteiger partial charge in [-0.25, -0.2) is 0 Å². The Labute approximate surface area is 298 Å². The number of hydrogen-bond donors (Lipinski definition) is 1. The Hall–Kier alpha value is -3.73. The average molecular weight is 823 g/mol. The number of pyridine rings is 1. The normalized spacial score (nSPS) is 12.7. The zero-order valence-corrected chi connectivity index (χ0v) is 32.1. The molecule has 0 fully saturated rings. The summed E-state index contributed by atoms with van der Waals surface area (Å²) >= 11 is 0. The van der Waals surface area contributed by atoms with Crippen LogP contribution in [0.2, 0.25) is 0 Å². The van der Waals surface area contributed by atoms with Gasteiger partial charge in [-0.1, -0.05) is 91.5 Å². The molecular weight excluding hydrogens is 775 g/mol. The van der Waals surface area contributed by atoms with Gasteiger partial charge in [-0.3, -0.25) is 9.78 Å². The van der Waals surface area contributed by atoms with Crippen molar-refractivity contribution in [3.8, 4) is 11.3 Å². The van der Waals surface area contributed by atoms with Crippen LogP contribution in [0.25, 0.3) is 54.9 Å². The van der Waals surface area contributed by atoms with Gasteiger partial charge in [-0.15, -0.1) is 29.1 Å². The van der Waals surface area contributed by atoms with Crippen LogP contribution in [0.3, 0.4) is 0 Å². The number of nitrogens with zero attached hydrogens (tertiary/aromatic N) is 1. The van der Waals surface area contributed by atoms with Gasteiger partial charge in [0, 0.05) is 71.1 Å². The third-order valence-electron chi connectivity index (χ3n) is 10.4. The first-order valence-corrected chi connectivity index (χ1v) is 16.9. The van der Waals surface area contributed by atoms with Gasteiger partial charge in [-0.2, -0.15) is 0 Å². The number of allylic oxidation sites excluding steroid dienone is 2. The predicted molar refractivity (Wildman–Crippen MR) is 195 cm³/mol. The molecule has 0 bridgehead atoms. The summed E-state index contributed by atoms with van der Waals surface area (Å²) in [5.41, 5.74) is 5.01. The Kier molecular flexibility index (Phi) is 11.1. The Morgan fingerprint density at radius 3 is 2.15 bits per heavy atom. The predicted octanol–water partition coefficient (Wildman–Crippen LogP) is 12.3. The number of aromatic nitrogens is 1. The van der Waals surface area contributed by atoms with Crippen LogP contribution in [-0.4, -0.2) is 15.9 Å². The Bertz CT molecular complexity index is 2080. The Balaban J connectivity index is 0.000000251. The van der Waals surface area contributed by atoms with Gasteiger partial charge < -0.3 is 13.9 Å². The third kappa shape index (κ3) is 7.02. The summed E-state index contributed by atoms with van der Waals surface area (Å²) in [5.74, 6) is 0.286. The van der Waals surface area contributed by atoms with E-state index < -0.39 is 0 Å². The first kappa shape index (κ1) is 37.1. The molecule has 6 rings (SSSR count). The largest absolute Gasteiger partial charge is 0.512 e. The van der Waals surface area contributed by atoms with Crippen molar-refractivity contribution in [1.29, 1.82) is 0 Å². The molecule has 0 aliphatic rings. The fourth-order valence-corrected chi connectivity index (χ4v) is 6.04. The number of ketones is 1. The zero-order chi connectivity index (χ0) is 34.1. The maximum atomic E-state index is 12.2. The number of hydrogen-bond acceptors (Lipinski definition) is 5. The molecule has 3 aromatic heterocycles. The second kappa shape index (κ2) is 14.4. The molecule has 3 aromatic carbocycles. The van der Waals surface area contributed by atoms with Gasteiger partial charge in [0.05, 0.1) is 6.26 Å². The third-order valence-corrected chi connectivity index (χ3v) is 10.4. The summed E-state index contributed by atoms with van der Waals surface area (Å²) in [6, 6.07) is 22.3. The molecule has 0 aliphatic heterocycles. The van der Waals surface area contributed by atoms with Crippen molar-refractivity contribution in [2.24, 2.45) is 10.8 Å². The molecular formula is C42H48IrNO4-. The number of furan rings is 2. The fraction of sp³-hybridized carbons (Fsp3) is 0.381. The summed E-state index contributed by atoms with van der Waals surface area (Å²) in [6.07, 6.45) is 8.27. The molecule has 6 heteroatoms. The minimum Gasteiger partial charge on any atom is -0.512 e. The van der Waals surface area contributed by atoms with Crippen LogP contribution in [0.1, 0.15) is 93.6 Å². The van der Waals surface area contributed by atoms with E-state index in [4.69, 9.17) is 13.8 Å². The molecule has 5 nitrogen and oxygen atoms in total. The van der Waals surface area contributed by atoms with Crippen LogP contribution < -0.4 is 0 Å². The maximum Gasteiger partial charge on any atom is 0.164 e. The second-order valence-corrected chi connectivity index (χ2v) is 14.3. The SMILES string of the molecule is CC(C)(C)c1cc(-c2nccc3oc4cc5occc5cc4c23)[c-]c2ccccc12.CCC(C)(CC)C(=O)/C=C(\O)C(C)(CC)CC.[Ir]. The van der Waals surface area contributed by atoms with Gasteiger partial charge >= 0.3 is 0 Å². The van der Waals surface area contributed by atoms with Crippen molar-refractivity contribution in [3.05, 3.63) is 90.5 Å². The molecule has 1 radical (unpaired) electrons. The number of rotatable bonds is 8. The summed E-state index contributed by atoms with van der Waals surface area (Å²) in [6.45, 7) is 18.8. The van der Waals surface area contributed by atoms with Crippen molar-refractivity contribution in [3.63, 3.8) is 0 Å². The number of carbonyl (C=O) groups excluding carboxylic acids is 1. The number of benzene rings is 3. The van der Waals surface area contributed by atoms with E-state index in [1.54, 1.807) is 6.26 Å². The standard InChI is InChI=1S/C27H20NO2.C15H28O2.Ir/c1-27(2,3)21-14-18(12-16-6-4-5-7-19(16)21)26-25-20-13-17-9-11-29-23(17)15-24(20)30-22(25)8-10-28-26;1-7-14(5,8-2)12(16)11-13(17)15(6,9-3)10-4;/h4-11,13-15H,1-3H3;11,16H,7-10H2,1-6H3;/q-1;;/b;12-11-;. The first-order chi connectivity index (χ1) is 22.3. The minimum atomic E-state index is -0.337.